The molecular weight excluding hydrogens is 330 g/mol. The number of hydrogen-bond donors (Lipinski definition) is 2. The molecule has 1 aromatic carbocycles. The molecule has 0 amide bonds. The number of aliphatic carboxylic acids is 1. The van der Waals surface area contributed by atoms with Gasteiger partial charge in [0.15, 0.2) is 11.6 Å². The Balaban J connectivity index is 1.88. The number of carboxylic acids is 1. The molecule has 0 spiro atoms. The number of aromatic nitrogens is 1. The zero-order valence-corrected chi connectivity index (χ0v) is 13.8. The van der Waals surface area contributed by atoms with E-state index in [4.69, 9.17) is 21.4 Å². The van der Waals surface area contributed by atoms with Gasteiger partial charge in [0.25, 0.3) is 0 Å². The van der Waals surface area contributed by atoms with Crippen LogP contribution in [0.4, 0.5) is 0 Å². The van der Waals surface area contributed by atoms with Crippen molar-refractivity contribution in [2.24, 2.45) is 0 Å². The normalized spacial score (nSPS) is 13.8. The molecule has 1 aliphatic heterocycles. The molecule has 1 aromatic heterocycles. The topological polar surface area (TPSA) is 74.7 Å². The Morgan fingerprint density at radius 3 is 2.96 bits per heavy atom. The van der Waals surface area contributed by atoms with Crippen LogP contribution in [-0.4, -0.2) is 34.7 Å². The largest absolute Gasteiger partial charge is 0.481 e. The molecule has 124 valence electrons. The standard InChI is InChI=1S/C17H16ClN3O3/c1-24-16-15(12-3-2-4-14(18)6-12)5-11(7-19-16)9-21-10-13(8-20-21)17(22)23/h2-7,10,18,20H,8-9H2,1H3/p+1. The van der Waals surface area contributed by atoms with Crippen molar-refractivity contribution >= 4 is 5.97 Å². The van der Waals surface area contributed by atoms with Crippen molar-refractivity contribution in [1.29, 1.82) is 0 Å². The van der Waals surface area contributed by atoms with E-state index in [1.807, 2.05) is 30.3 Å². The Morgan fingerprint density at radius 1 is 1.46 bits per heavy atom. The van der Waals surface area contributed by atoms with E-state index in [0.717, 1.165) is 21.7 Å². The molecule has 0 radical (unpaired) electrons. The maximum Gasteiger partial charge on any atom is 0.334 e. The van der Waals surface area contributed by atoms with Crippen LogP contribution < -0.4 is 10.2 Å². The molecule has 2 heterocycles. The summed E-state index contributed by atoms with van der Waals surface area (Å²) in [5, 5.41) is 11.5. The second kappa shape index (κ2) is 6.90. The predicted octanol–water partition coefficient (Wildman–Crippen LogP) is 1.74. The summed E-state index contributed by atoms with van der Waals surface area (Å²) in [6.07, 6.45) is 3.31. The van der Waals surface area contributed by atoms with Crippen molar-refractivity contribution < 1.29 is 26.2 Å². The number of rotatable bonds is 5. The third kappa shape index (κ3) is 3.50. The van der Waals surface area contributed by atoms with Gasteiger partial charge in [-0.15, -0.1) is 0 Å². The van der Waals surface area contributed by atoms with E-state index < -0.39 is 5.97 Å². The number of nitrogens with zero attached hydrogens (tertiary/aromatic N) is 2. The highest BCUT2D eigenvalue weighted by Crippen LogP contribution is 2.30. The number of carbonyl (C=O) groups is 1. The van der Waals surface area contributed by atoms with Crippen molar-refractivity contribution in [2.45, 2.75) is 6.54 Å². The first-order valence-electron chi connectivity index (χ1n) is 7.31. The number of hydrazine groups is 1. The van der Waals surface area contributed by atoms with Crippen LogP contribution in [0.15, 0.2) is 48.3 Å². The highest BCUT2D eigenvalue weighted by Gasteiger charge is 2.18. The lowest BCUT2D eigenvalue weighted by atomic mass is 10.1. The smallest absolute Gasteiger partial charge is 0.334 e. The average molecular weight is 347 g/mol. The highest BCUT2D eigenvalue weighted by molar-refractivity contribution is 5.87. The van der Waals surface area contributed by atoms with E-state index >= 15 is 0 Å². The molecule has 0 saturated carbocycles. The molecule has 0 saturated heterocycles. The fourth-order valence-corrected chi connectivity index (χ4v) is 2.72. The molecule has 0 fully saturated rings. The minimum absolute atomic E-state index is 0.309. The molecule has 0 unspecified atom stereocenters. The fraction of sp³-hybridized carbons (Fsp3) is 0.176. The zero-order chi connectivity index (χ0) is 17.1. The van der Waals surface area contributed by atoms with Gasteiger partial charge in [0.1, 0.15) is 0 Å². The SMILES string of the molecule is COc1ncc(CN2C=C(C(=O)O)CN2)cc1-c1cccc([ClH+])c1. The number of hydrogen-bond acceptors (Lipinski definition) is 5. The number of ether oxygens (including phenoxy) is 1. The van der Waals surface area contributed by atoms with E-state index in [9.17, 15) is 4.79 Å². The Morgan fingerprint density at radius 2 is 2.29 bits per heavy atom. The third-order valence-corrected chi connectivity index (χ3v) is 3.91. The van der Waals surface area contributed by atoms with Gasteiger partial charge in [-0.2, -0.15) is 0 Å². The minimum atomic E-state index is -0.916. The predicted molar refractivity (Wildman–Crippen MR) is 86.0 cm³/mol. The van der Waals surface area contributed by atoms with Gasteiger partial charge < -0.3 is 14.9 Å². The first kappa shape index (κ1) is 16.3. The highest BCUT2D eigenvalue weighted by atomic mass is 35.5. The van der Waals surface area contributed by atoms with E-state index in [2.05, 4.69) is 10.4 Å². The maximum atomic E-state index is 11.0. The summed E-state index contributed by atoms with van der Waals surface area (Å²) in [6.45, 7) is 0.804. The number of pyridine rings is 1. The minimum Gasteiger partial charge on any atom is -0.481 e. The van der Waals surface area contributed by atoms with Crippen LogP contribution in [0.3, 0.4) is 0 Å². The van der Waals surface area contributed by atoms with Crippen LogP contribution in [0.1, 0.15) is 5.56 Å². The molecule has 0 atom stereocenters. The second-order valence-electron chi connectivity index (χ2n) is 5.35. The first-order chi connectivity index (χ1) is 11.6. The summed E-state index contributed by atoms with van der Waals surface area (Å²) in [7, 11) is 1.58. The van der Waals surface area contributed by atoms with Crippen molar-refractivity contribution in [2.75, 3.05) is 13.7 Å². The van der Waals surface area contributed by atoms with Gasteiger partial charge in [0, 0.05) is 36.6 Å². The van der Waals surface area contributed by atoms with E-state index in [-0.39, 0.29) is 0 Å². The molecule has 2 aromatic rings. The number of benzene rings is 1. The van der Waals surface area contributed by atoms with Crippen molar-refractivity contribution in [3.05, 3.63) is 58.9 Å². The van der Waals surface area contributed by atoms with E-state index in [1.54, 1.807) is 24.5 Å². The molecular formula is C17H17ClN3O3+. The lowest BCUT2D eigenvalue weighted by Crippen LogP contribution is -2.28. The summed E-state index contributed by atoms with van der Waals surface area (Å²) in [5.41, 5.74) is 6.06. The summed E-state index contributed by atoms with van der Waals surface area (Å²) < 4.78 is 5.35. The Labute approximate surface area is 144 Å². The van der Waals surface area contributed by atoms with Crippen molar-refractivity contribution in [1.82, 2.24) is 15.4 Å². The van der Waals surface area contributed by atoms with Crippen LogP contribution in [0.2, 0.25) is 5.02 Å². The van der Waals surface area contributed by atoms with Gasteiger partial charge in [-0.3, -0.25) is 0 Å². The van der Waals surface area contributed by atoms with Crippen LogP contribution in [-0.2, 0) is 11.3 Å². The fourth-order valence-electron chi connectivity index (χ4n) is 2.51. The number of nitrogens with one attached hydrogen (secondary N) is 1. The van der Waals surface area contributed by atoms with Crippen LogP contribution in [0.5, 0.6) is 5.88 Å². The van der Waals surface area contributed by atoms with Gasteiger partial charge in [0.2, 0.25) is 10.9 Å². The molecule has 0 aliphatic carbocycles. The number of halogens is 1. The lowest BCUT2D eigenvalue weighted by Gasteiger charge is -2.17. The molecule has 1 aliphatic rings. The quantitative estimate of drug-likeness (QED) is 0.859. The Hall–Kier alpha value is -2.57. The van der Waals surface area contributed by atoms with Crippen molar-refractivity contribution in [3.63, 3.8) is 0 Å². The second-order valence-corrected chi connectivity index (χ2v) is 5.82. The average Bonchev–Trinajstić information content (AvgIpc) is 3.03. The van der Waals surface area contributed by atoms with Crippen LogP contribution in [0.25, 0.3) is 11.1 Å². The maximum absolute atomic E-state index is 11.0. The molecule has 2 N–H and O–H groups in total. The number of methoxy groups -OCH3 is 1. The monoisotopic (exact) mass is 346 g/mol. The van der Waals surface area contributed by atoms with Gasteiger partial charge in [-0.05, 0) is 17.2 Å². The van der Waals surface area contributed by atoms with E-state index in [1.165, 1.54) is 0 Å². The van der Waals surface area contributed by atoms with Crippen LogP contribution >= 0.6 is 0 Å². The van der Waals surface area contributed by atoms with Gasteiger partial charge >= 0.3 is 5.97 Å². The number of carboxylic acid groups (broad SMARTS) is 1. The van der Waals surface area contributed by atoms with Crippen molar-refractivity contribution in [3.8, 4) is 17.0 Å². The van der Waals surface area contributed by atoms with Gasteiger partial charge in [0.05, 0.1) is 19.2 Å². The third-order valence-electron chi connectivity index (χ3n) is 3.66. The van der Waals surface area contributed by atoms with Gasteiger partial charge in [-0.25, -0.2) is 15.2 Å². The molecule has 0 bridgehead atoms. The molecule has 7 heteroatoms. The summed E-state index contributed by atoms with van der Waals surface area (Å²) in [4.78, 5) is 15.3. The summed E-state index contributed by atoms with van der Waals surface area (Å²) in [5.74, 6) is -0.392. The molecule has 24 heavy (non-hydrogen) atoms. The Bertz CT molecular complexity index is 807. The van der Waals surface area contributed by atoms with Crippen LogP contribution in [0, 0.1) is 11.6 Å². The lowest BCUT2D eigenvalue weighted by molar-refractivity contribution is -0.288. The summed E-state index contributed by atoms with van der Waals surface area (Å²) in [6, 6.07) is 9.58. The zero-order valence-electron chi connectivity index (χ0n) is 13.0. The molecule has 3 rings (SSSR count). The summed E-state index contributed by atoms with van der Waals surface area (Å²) >= 11 is 5.22. The Kier molecular flexibility index (Phi) is 4.69. The van der Waals surface area contributed by atoms with Gasteiger partial charge in [-0.1, -0.05) is 12.1 Å². The van der Waals surface area contributed by atoms with E-state index in [0.29, 0.717) is 24.5 Å². The molecule has 6 nitrogen and oxygen atoms in total. The first-order valence-corrected chi connectivity index (χ1v) is 7.72.